The summed E-state index contributed by atoms with van der Waals surface area (Å²) < 4.78 is 0. The molecule has 1 heterocycles. The van der Waals surface area contributed by atoms with Crippen molar-refractivity contribution in [2.75, 3.05) is 17.6 Å². The molecule has 3 nitrogen and oxygen atoms in total. The van der Waals surface area contributed by atoms with Crippen molar-refractivity contribution in [1.29, 1.82) is 0 Å². The fraction of sp³-hybridized carbons (Fsp3) is 0.387. The molecule has 4 heteroatoms. The molecule has 2 N–H and O–H groups in total. The Morgan fingerprint density at radius 1 is 1.00 bits per heavy atom. The Kier molecular flexibility index (Phi) is 6.32. The zero-order chi connectivity index (χ0) is 23.8. The molecule has 2 fully saturated rings. The van der Waals surface area contributed by atoms with E-state index in [1.807, 2.05) is 17.8 Å². The zero-order valence-corrected chi connectivity index (χ0v) is 21.2. The minimum absolute atomic E-state index is 0.0502. The van der Waals surface area contributed by atoms with Gasteiger partial charge < -0.3 is 10.6 Å². The molecule has 5 atom stereocenters. The van der Waals surface area contributed by atoms with Gasteiger partial charge in [-0.2, -0.15) is 11.8 Å². The fourth-order valence-corrected chi connectivity index (χ4v) is 7.85. The lowest BCUT2D eigenvalue weighted by Gasteiger charge is -2.43. The summed E-state index contributed by atoms with van der Waals surface area (Å²) in [7, 11) is 0. The highest BCUT2D eigenvalue weighted by molar-refractivity contribution is 7.98. The molecular weight excluding hydrogens is 448 g/mol. The minimum Gasteiger partial charge on any atom is -0.378 e. The lowest BCUT2D eigenvalue weighted by atomic mass is 9.68. The van der Waals surface area contributed by atoms with Gasteiger partial charge in [0.25, 0.3) is 5.91 Å². The van der Waals surface area contributed by atoms with Crippen LogP contribution >= 0.6 is 11.8 Å². The topological polar surface area (TPSA) is 41.1 Å². The first-order chi connectivity index (χ1) is 17.2. The van der Waals surface area contributed by atoms with Crippen LogP contribution in [-0.4, -0.2) is 18.2 Å². The Labute approximate surface area is 213 Å². The van der Waals surface area contributed by atoms with Gasteiger partial charge in [-0.15, -0.1) is 0 Å². The quantitative estimate of drug-likeness (QED) is 0.358. The minimum atomic E-state index is 0.0502. The molecule has 0 unspecified atom stereocenters. The molecule has 3 aromatic rings. The third kappa shape index (κ3) is 4.38. The summed E-state index contributed by atoms with van der Waals surface area (Å²) in [5.41, 5.74) is 7.49. The molecule has 2 bridgehead atoms. The number of hydrogen-bond donors (Lipinski definition) is 2. The standard InChI is InChI=1S/C31H34N2OS/c1-20-7-5-6-10-25(20)19-35-16-15-32-31(34)24-13-14-27-26(18-24)28-22-11-12-23(17-22)29(28)30(33-27)21-8-3-2-4-9-21/h2-10,13-14,18,22-23,28-30,33H,11-12,15-17,19H2,1H3,(H,32,34)/t22-,23-,28-,29+,30+/m0/s1. The van der Waals surface area contributed by atoms with Crippen molar-refractivity contribution in [3.8, 4) is 0 Å². The van der Waals surface area contributed by atoms with Crippen molar-refractivity contribution in [3.63, 3.8) is 0 Å². The number of carbonyl (C=O) groups excluding carboxylic acids is 1. The van der Waals surface area contributed by atoms with E-state index in [9.17, 15) is 4.79 Å². The predicted molar refractivity (Wildman–Crippen MR) is 146 cm³/mol. The van der Waals surface area contributed by atoms with E-state index in [4.69, 9.17) is 0 Å². The van der Waals surface area contributed by atoms with E-state index in [2.05, 4.69) is 84.3 Å². The van der Waals surface area contributed by atoms with Gasteiger partial charge in [0.15, 0.2) is 0 Å². The average Bonchev–Trinajstić information content (AvgIpc) is 3.52. The van der Waals surface area contributed by atoms with Crippen molar-refractivity contribution >= 4 is 23.4 Å². The molecule has 1 amide bonds. The summed E-state index contributed by atoms with van der Waals surface area (Å²) in [5, 5.41) is 7.04. The number of nitrogens with one attached hydrogen (secondary N) is 2. The van der Waals surface area contributed by atoms with E-state index in [1.165, 1.54) is 47.2 Å². The van der Waals surface area contributed by atoms with Gasteiger partial charge in [0, 0.05) is 29.3 Å². The summed E-state index contributed by atoms with van der Waals surface area (Å²) in [5.74, 6) is 4.69. The molecule has 180 valence electrons. The molecule has 6 rings (SSSR count). The zero-order valence-electron chi connectivity index (χ0n) is 20.4. The van der Waals surface area contributed by atoms with Crippen LogP contribution in [0.15, 0.2) is 72.8 Å². The number of rotatable bonds is 7. The maximum atomic E-state index is 13.0. The van der Waals surface area contributed by atoms with Crippen LogP contribution < -0.4 is 10.6 Å². The second-order valence-electron chi connectivity index (χ2n) is 10.5. The molecule has 3 aromatic carbocycles. The highest BCUT2D eigenvalue weighted by Crippen LogP contribution is 2.63. The van der Waals surface area contributed by atoms with Crippen LogP contribution in [0, 0.1) is 24.7 Å². The van der Waals surface area contributed by atoms with Crippen LogP contribution in [0.4, 0.5) is 5.69 Å². The molecular formula is C31H34N2OS. The average molecular weight is 483 g/mol. The van der Waals surface area contributed by atoms with E-state index in [1.54, 1.807) is 0 Å². The van der Waals surface area contributed by atoms with Gasteiger partial charge in [-0.3, -0.25) is 4.79 Å². The Morgan fingerprint density at radius 3 is 2.66 bits per heavy atom. The van der Waals surface area contributed by atoms with Crippen LogP contribution in [0.3, 0.4) is 0 Å². The third-order valence-electron chi connectivity index (χ3n) is 8.56. The lowest BCUT2D eigenvalue weighted by molar-refractivity contribution is 0.0956. The summed E-state index contributed by atoms with van der Waals surface area (Å²) in [6, 6.07) is 26.2. The van der Waals surface area contributed by atoms with Gasteiger partial charge in [-0.25, -0.2) is 0 Å². The maximum Gasteiger partial charge on any atom is 0.251 e. The van der Waals surface area contributed by atoms with Crippen LogP contribution in [-0.2, 0) is 5.75 Å². The van der Waals surface area contributed by atoms with E-state index in [-0.39, 0.29) is 5.91 Å². The van der Waals surface area contributed by atoms with Gasteiger partial charge >= 0.3 is 0 Å². The molecule has 35 heavy (non-hydrogen) atoms. The van der Waals surface area contributed by atoms with Gasteiger partial charge in [0.1, 0.15) is 0 Å². The summed E-state index contributed by atoms with van der Waals surface area (Å²) in [6.07, 6.45) is 4.03. The van der Waals surface area contributed by atoms with E-state index in [0.717, 1.165) is 28.9 Å². The number of amides is 1. The van der Waals surface area contributed by atoms with Crippen molar-refractivity contribution in [2.24, 2.45) is 17.8 Å². The van der Waals surface area contributed by atoms with Crippen LogP contribution in [0.5, 0.6) is 0 Å². The second kappa shape index (κ2) is 9.73. The third-order valence-corrected chi connectivity index (χ3v) is 9.57. The second-order valence-corrected chi connectivity index (χ2v) is 11.6. The van der Waals surface area contributed by atoms with Crippen molar-refractivity contribution in [3.05, 3.63) is 101 Å². The Bertz CT molecular complexity index is 1210. The number of carbonyl (C=O) groups is 1. The summed E-state index contributed by atoms with van der Waals surface area (Å²) >= 11 is 1.87. The fourth-order valence-electron chi connectivity index (χ4n) is 6.91. The molecule has 2 saturated carbocycles. The van der Waals surface area contributed by atoms with Gasteiger partial charge in [-0.1, -0.05) is 54.6 Å². The predicted octanol–water partition coefficient (Wildman–Crippen LogP) is 6.95. The molecule has 0 radical (unpaired) electrons. The van der Waals surface area contributed by atoms with Gasteiger partial charge in [0.2, 0.25) is 0 Å². The molecule has 1 aliphatic heterocycles. The van der Waals surface area contributed by atoms with Crippen LogP contribution in [0.2, 0.25) is 0 Å². The number of thioether (sulfide) groups is 1. The smallest absolute Gasteiger partial charge is 0.251 e. The molecule has 0 saturated heterocycles. The highest BCUT2D eigenvalue weighted by atomic mass is 32.2. The molecule has 2 aliphatic carbocycles. The largest absolute Gasteiger partial charge is 0.378 e. The van der Waals surface area contributed by atoms with Crippen molar-refractivity contribution in [1.82, 2.24) is 5.32 Å². The number of anilines is 1. The molecule has 3 aliphatic rings. The maximum absolute atomic E-state index is 13.0. The highest BCUT2D eigenvalue weighted by Gasteiger charge is 2.53. The molecule has 0 spiro atoms. The Morgan fingerprint density at radius 2 is 1.80 bits per heavy atom. The van der Waals surface area contributed by atoms with E-state index >= 15 is 0 Å². The number of hydrogen-bond acceptors (Lipinski definition) is 3. The summed E-state index contributed by atoms with van der Waals surface area (Å²) in [6.45, 7) is 2.85. The van der Waals surface area contributed by atoms with Crippen molar-refractivity contribution < 1.29 is 4.79 Å². The van der Waals surface area contributed by atoms with Gasteiger partial charge in [0.05, 0.1) is 6.04 Å². The number of benzene rings is 3. The molecule has 0 aromatic heterocycles. The van der Waals surface area contributed by atoms with Crippen LogP contribution in [0.1, 0.15) is 63.8 Å². The number of aryl methyl sites for hydroxylation is 1. The van der Waals surface area contributed by atoms with Gasteiger partial charge in [-0.05, 0) is 90.3 Å². The first-order valence-corrected chi connectivity index (χ1v) is 14.2. The Balaban J connectivity index is 1.14. The summed E-state index contributed by atoms with van der Waals surface area (Å²) in [4.78, 5) is 13.0. The monoisotopic (exact) mass is 482 g/mol. The SMILES string of the molecule is Cc1ccccc1CSCCNC(=O)c1ccc2c(c1)[C@@H]1[C@H]3CC[C@@H](C3)[C@H]1[C@@H](c1ccccc1)N2. The van der Waals surface area contributed by atoms with E-state index < -0.39 is 0 Å². The number of fused-ring (bicyclic) bond motifs is 7. The Hall–Kier alpha value is -2.72. The normalized spacial score (nSPS) is 26.0. The van der Waals surface area contributed by atoms with E-state index in [0.29, 0.717) is 24.4 Å². The first kappa shape index (κ1) is 22.7. The van der Waals surface area contributed by atoms with Crippen LogP contribution in [0.25, 0.3) is 0 Å². The lowest BCUT2D eigenvalue weighted by Crippen LogP contribution is -2.35. The van der Waals surface area contributed by atoms with Crippen molar-refractivity contribution in [2.45, 2.75) is 43.9 Å². The first-order valence-electron chi connectivity index (χ1n) is 13.0.